The third kappa shape index (κ3) is 2.12. The number of methoxy groups -OCH3 is 1. The van der Waals surface area contributed by atoms with Gasteiger partial charge in [0, 0.05) is 18.0 Å². The van der Waals surface area contributed by atoms with Gasteiger partial charge in [0.2, 0.25) is 0 Å². The molecule has 0 fully saturated rings. The zero-order valence-electron chi connectivity index (χ0n) is 10.6. The number of esters is 1. The molecule has 0 radical (unpaired) electrons. The summed E-state index contributed by atoms with van der Waals surface area (Å²) in [6.07, 6.45) is 5.04. The minimum atomic E-state index is -0.390. The highest BCUT2D eigenvalue weighted by Gasteiger charge is 2.10. The van der Waals surface area contributed by atoms with Gasteiger partial charge in [-0.15, -0.1) is 0 Å². The van der Waals surface area contributed by atoms with Gasteiger partial charge in [0.15, 0.2) is 0 Å². The predicted octanol–water partition coefficient (Wildman–Crippen LogP) is 2.84. The quantitative estimate of drug-likeness (QED) is 0.537. The molecule has 3 rings (SSSR count). The largest absolute Gasteiger partial charge is 0.465 e. The Morgan fingerprint density at radius 2 is 2.15 bits per heavy atom. The molecule has 0 aromatic carbocycles. The molecule has 3 aromatic heterocycles. The summed E-state index contributed by atoms with van der Waals surface area (Å²) >= 11 is 5.90. The molecule has 0 aliphatic carbocycles. The molecular weight excluding hydrogens is 278 g/mol. The van der Waals surface area contributed by atoms with Crippen molar-refractivity contribution in [1.82, 2.24) is 14.4 Å². The predicted molar refractivity (Wildman–Crippen MR) is 74.8 cm³/mol. The van der Waals surface area contributed by atoms with Crippen molar-refractivity contribution in [1.29, 1.82) is 0 Å². The summed E-state index contributed by atoms with van der Waals surface area (Å²) in [6.45, 7) is 0. The number of hydrogen-bond acceptors (Lipinski definition) is 4. The van der Waals surface area contributed by atoms with Gasteiger partial charge in [-0.05, 0) is 24.3 Å². The number of ether oxygens (including phenoxy) is 1. The summed E-state index contributed by atoms with van der Waals surface area (Å²) in [4.78, 5) is 19.8. The first kappa shape index (κ1) is 12.6. The molecule has 5 nitrogen and oxygen atoms in total. The molecular formula is C14H10ClN3O2. The standard InChI is InChI=1S/C14H10ClN3O2/c1-20-14(19)10-2-3-13-17-7-11(18(13)8-10)9-4-5-16-12(15)6-9/h2-8H,1H3. The first-order valence-corrected chi connectivity index (χ1v) is 6.24. The molecule has 0 aliphatic rings. The van der Waals surface area contributed by atoms with Crippen LogP contribution in [0, 0.1) is 0 Å². The van der Waals surface area contributed by atoms with Crippen LogP contribution in [0.2, 0.25) is 5.15 Å². The monoisotopic (exact) mass is 287 g/mol. The van der Waals surface area contributed by atoms with E-state index in [0.717, 1.165) is 16.9 Å². The van der Waals surface area contributed by atoms with E-state index in [1.165, 1.54) is 7.11 Å². The zero-order chi connectivity index (χ0) is 14.1. The second kappa shape index (κ2) is 4.94. The SMILES string of the molecule is COC(=O)c1ccc2ncc(-c3ccnc(Cl)c3)n2c1. The van der Waals surface area contributed by atoms with Crippen LogP contribution < -0.4 is 0 Å². The van der Waals surface area contributed by atoms with Crippen LogP contribution in [-0.4, -0.2) is 27.4 Å². The smallest absolute Gasteiger partial charge is 0.339 e. The van der Waals surface area contributed by atoms with Crippen LogP contribution >= 0.6 is 11.6 Å². The normalized spacial score (nSPS) is 10.7. The van der Waals surface area contributed by atoms with E-state index >= 15 is 0 Å². The van der Waals surface area contributed by atoms with Crippen LogP contribution in [0.1, 0.15) is 10.4 Å². The molecule has 20 heavy (non-hydrogen) atoms. The van der Waals surface area contributed by atoms with Gasteiger partial charge in [0.05, 0.1) is 24.6 Å². The van der Waals surface area contributed by atoms with Crippen molar-refractivity contribution >= 4 is 23.2 Å². The molecule has 6 heteroatoms. The van der Waals surface area contributed by atoms with Crippen molar-refractivity contribution in [2.45, 2.75) is 0 Å². The number of aromatic nitrogens is 3. The van der Waals surface area contributed by atoms with Crippen molar-refractivity contribution in [3.05, 3.63) is 53.6 Å². The number of halogens is 1. The third-order valence-electron chi connectivity index (χ3n) is 2.95. The summed E-state index contributed by atoms with van der Waals surface area (Å²) in [6, 6.07) is 7.02. The van der Waals surface area contributed by atoms with Crippen LogP contribution in [0.4, 0.5) is 0 Å². The van der Waals surface area contributed by atoms with Gasteiger partial charge in [0.1, 0.15) is 10.8 Å². The molecule has 100 valence electrons. The summed E-state index contributed by atoms with van der Waals surface area (Å²) in [5, 5.41) is 0.404. The molecule has 0 atom stereocenters. The lowest BCUT2D eigenvalue weighted by atomic mass is 10.2. The number of pyridine rings is 2. The van der Waals surface area contributed by atoms with Crippen LogP contribution in [0.5, 0.6) is 0 Å². The molecule has 0 saturated carbocycles. The number of imidazole rings is 1. The van der Waals surface area contributed by atoms with Gasteiger partial charge >= 0.3 is 5.97 Å². The molecule has 0 spiro atoms. The number of rotatable bonds is 2. The van der Waals surface area contributed by atoms with E-state index in [1.807, 2.05) is 10.5 Å². The molecule has 0 amide bonds. The van der Waals surface area contributed by atoms with Crippen LogP contribution in [0.15, 0.2) is 42.9 Å². The van der Waals surface area contributed by atoms with E-state index in [9.17, 15) is 4.79 Å². The number of carbonyl (C=O) groups is 1. The van der Waals surface area contributed by atoms with E-state index in [2.05, 4.69) is 9.97 Å². The number of carbonyl (C=O) groups excluding carboxylic acids is 1. The Hall–Kier alpha value is -2.40. The van der Waals surface area contributed by atoms with Crippen LogP contribution in [-0.2, 0) is 4.74 Å². The Kier molecular flexibility index (Phi) is 3.12. The van der Waals surface area contributed by atoms with Gasteiger partial charge in [-0.2, -0.15) is 0 Å². The fraction of sp³-hybridized carbons (Fsp3) is 0.0714. The van der Waals surface area contributed by atoms with E-state index in [-0.39, 0.29) is 5.97 Å². The second-order valence-corrected chi connectivity index (χ2v) is 4.54. The van der Waals surface area contributed by atoms with E-state index in [4.69, 9.17) is 16.3 Å². The van der Waals surface area contributed by atoms with Crippen LogP contribution in [0.25, 0.3) is 16.9 Å². The summed E-state index contributed by atoms with van der Waals surface area (Å²) < 4.78 is 6.54. The molecule has 0 bridgehead atoms. The third-order valence-corrected chi connectivity index (χ3v) is 3.16. The average Bonchev–Trinajstić information content (AvgIpc) is 2.89. The first-order valence-electron chi connectivity index (χ1n) is 5.86. The second-order valence-electron chi connectivity index (χ2n) is 4.15. The topological polar surface area (TPSA) is 56.5 Å². The molecule has 3 heterocycles. The molecule has 0 N–H and O–H groups in total. The maximum Gasteiger partial charge on any atom is 0.339 e. The number of nitrogens with zero attached hydrogens (tertiary/aromatic N) is 3. The zero-order valence-corrected chi connectivity index (χ0v) is 11.3. The lowest BCUT2D eigenvalue weighted by Gasteiger charge is -2.04. The Morgan fingerprint density at radius 1 is 1.30 bits per heavy atom. The molecule has 0 aliphatic heterocycles. The summed E-state index contributed by atoms with van der Waals surface area (Å²) in [5.74, 6) is -0.390. The summed E-state index contributed by atoms with van der Waals surface area (Å²) in [5.41, 5.74) is 2.90. The van der Waals surface area contributed by atoms with Crippen LogP contribution in [0.3, 0.4) is 0 Å². The maximum atomic E-state index is 11.6. The average molecular weight is 288 g/mol. The fourth-order valence-corrected chi connectivity index (χ4v) is 2.17. The molecule has 3 aromatic rings. The van der Waals surface area contributed by atoms with E-state index in [1.54, 1.807) is 36.8 Å². The van der Waals surface area contributed by atoms with E-state index in [0.29, 0.717) is 10.7 Å². The van der Waals surface area contributed by atoms with Gasteiger partial charge < -0.3 is 4.74 Å². The van der Waals surface area contributed by atoms with Gasteiger partial charge in [-0.25, -0.2) is 14.8 Å². The number of hydrogen-bond donors (Lipinski definition) is 0. The van der Waals surface area contributed by atoms with Crippen molar-refractivity contribution in [2.24, 2.45) is 0 Å². The minimum Gasteiger partial charge on any atom is -0.465 e. The number of fused-ring (bicyclic) bond motifs is 1. The Morgan fingerprint density at radius 3 is 2.90 bits per heavy atom. The molecule has 0 unspecified atom stereocenters. The van der Waals surface area contributed by atoms with Gasteiger partial charge in [-0.1, -0.05) is 11.6 Å². The Labute approximate surface area is 119 Å². The lowest BCUT2D eigenvalue weighted by Crippen LogP contribution is -2.03. The highest BCUT2D eigenvalue weighted by molar-refractivity contribution is 6.29. The lowest BCUT2D eigenvalue weighted by molar-refractivity contribution is 0.0600. The summed E-state index contributed by atoms with van der Waals surface area (Å²) in [7, 11) is 1.35. The highest BCUT2D eigenvalue weighted by Crippen LogP contribution is 2.23. The Balaban J connectivity index is 2.19. The minimum absolute atomic E-state index is 0.390. The van der Waals surface area contributed by atoms with Crippen molar-refractivity contribution < 1.29 is 9.53 Å². The van der Waals surface area contributed by atoms with E-state index < -0.39 is 0 Å². The van der Waals surface area contributed by atoms with Crippen molar-refractivity contribution in [3.63, 3.8) is 0 Å². The maximum absolute atomic E-state index is 11.6. The van der Waals surface area contributed by atoms with Gasteiger partial charge in [-0.3, -0.25) is 4.40 Å². The highest BCUT2D eigenvalue weighted by atomic mass is 35.5. The van der Waals surface area contributed by atoms with Crippen molar-refractivity contribution in [3.8, 4) is 11.3 Å². The van der Waals surface area contributed by atoms with Crippen molar-refractivity contribution in [2.75, 3.05) is 7.11 Å². The fourth-order valence-electron chi connectivity index (χ4n) is 1.99. The molecule has 0 saturated heterocycles. The first-order chi connectivity index (χ1) is 9.69. The Bertz CT molecular complexity index is 798. The van der Waals surface area contributed by atoms with Gasteiger partial charge in [0.25, 0.3) is 0 Å².